The number of hydrogen-bond acceptors (Lipinski definition) is 3. The first-order valence-electron chi connectivity index (χ1n) is 6.22. The molecule has 0 atom stereocenters. The Hall–Kier alpha value is -2.30. The van der Waals surface area contributed by atoms with E-state index in [9.17, 15) is 4.79 Å². The highest BCUT2D eigenvalue weighted by atomic mass is 16.5. The van der Waals surface area contributed by atoms with Gasteiger partial charge in [-0.15, -0.1) is 0 Å². The summed E-state index contributed by atoms with van der Waals surface area (Å²) in [6.07, 6.45) is 5.36. The molecule has 0 fully saturated rings. The number of unbranched alkanes of at least 4 members (excludes halogenated alkanes) is 1. The summed E-state index contributed by atoms with van der Waals surface area (Å²) in [6.45, 7) is 2.57. The summed E-state index contributed by atoms with van der Waals surface area (Å²) < 4.78 is 7.22. The maximum Gasteiger partial charge on any atom is 0.339 e. The maximum atomic E-state index is 11.1. The molecule has 0 saturated carbocycles. The number of benzene rings is 1. The molecule has 0 amide bonds. The van der Waals surface area contributed by atoms with Gasteiger partial charge in [0.05, 0.1) is 12.3 Å². The normalized spacial score (nSPS) is 10.4. The molecule has 0 saturated heterocycles. The van der Waals surface area contributed by atoms with Gasteiger partial charge >= 0.3 is 5.97 Å². The van der Waals surface area contributed by atoms with Crippen molar-refractivity contribution in [2.24, 2.45) is 0 Å². The molecule has 5 nitrogen and oxygen atoms in total. The first kappa shape index (κ1) is 13.1. The average Bonchev–Trinajstić information content (AvgIpc) is 2.92. The minimum absolute atomic E-state index is 0.173. The average molecular weight is 260 g/mol. The molecule has 100 valence electrons. The Morgan fingerprint density at radius 1 is 1.47 bits per heavy atom. The van der Waals surface area contributed by atoms with Crippen LogP contribution >= 0.6 is 0 Å². The van der Waals surface area contributed by atoms with Crippen molar-refractivity contribution in [3.63, 3.8) is 0 Å². The summed E-state index contributed by atoms with van der Waals surface area (Å²) in [7, 11) is 0. The van der Waals surface area contributed by atoms with Crippen LogP contribution in [0.15, 0.2) is 36.7 Å². The minimum Gasteiger partial charge on any atom is -0.493 e. The summed E-state index contributed by atoms with van der Waals surface area (Å²) in [6, 6.07) is 6.76. The first-order chi connectivity index (χ1) is 9.22. The summed E-state index contributed by atoms with van der Waals surface area (Å²) in [5.41, 5.74) is 0.952. The van der Waals surface area contributed by atoms with E-state index in [0.29, 0.717) is 12.4 Å². The Kier molecular flexibility index (Phi) is 4.18. The zero-order chi connectivity index (χ0) is 13.7. The van der Waals surface area contributed by atoms with Gasteiger partial charge in [0.1, 0.15) is 11.3 Å². The zero-order valence-electron chi connectivity index (χ0n) is 10.7. The lowest BCUT2D eigenvalue weighted by Crippen LogP contribution is -2.06. The fourth-order valence-corrected chi connectivity index (χ4v) is 1.70. The standard InChI is InChI=1S/C14H16N2O3/c1-2-3-9-19-13-10-11(16-8-4-7-15-16)5-6-12(13)14(17)18/h4-8,10H,2-3,9H2,1H3,(H,17,18). The van der Waals surface area contributed by atoms with E-state index >= 15 is 0 Å². The van der Waals surface area contributed by atoms with E-state index in [0.717, 1.165) is 18.5 Å². The van der Waals surface area contributed by atoms with E-state index in [2.05, 4.69) is 12.0 Å². The molecule has 1 N–H and O–H groups in total. The van der Waals surface area contributed by atoms with Gasteiger partial charge in [-0.3, -0.25) is 0 Å². The fraction of sp³-hybridized carbons (Fsp3) is 0.286. The predicted molar refractivity (Wildman–Crippen MR) is 70.9 cm³/mol. The van der Waals surface area contributed by atoms with Crippen LogP contribution in [0.1, 0.15) is 30.1 Å². The van der Waals surface area contributed by atoms with Crippen molar-refractivity contribution in [3.05, 3.63) is 42.2 Å². The maximum absolute atomic E-state index is 11.1. The van der Waals surface area contributed by atoms with Crippen LogP contribution < -0.4 is 4.74 Å². The number of carbonyl (C=O) groups is 1. The van der Waals surface area contributed by atoms with Gasteiger partial charge in [0.25, 0.3) is 0 Å². The van der Waals surface area contributed by atoms with Gasteiger partial charge in [-0.2, -0.15) is 5.10 Å². The molecule has 0 bridgehead atoms. The Morgan fingerprint density at radius 3 is 2.95 bits per heavy atom. The van der Waals surface area contributed by atoms with E-state index in [1.54, 1.807) is 35.3 Å². The lowest BCUT2D eigenvalue weighted by molar-refractivity contribution is 0.0692. The summed E-state index contributed by atoms with van der Waals surface area (Å²) in [5, 5.41) is 13.3. The second-order valence-corrected chi connectivity index (χ2v) is 4.14. The molecule has 19 heavy (non-hydrogen) atoms. The van der Waals surface area contributed by atoms with Crippen molar-refractivity contribution in [2.45, 2.75) is 19.8 Å². The molecular formula is C14H16N2O3. The SMILES string of the molecule is CCCCOc1cc(-n2cccn2)ccc1C(=O)O. The number of carboxylic acid groups (broad SMARTS) is 1. The van der Waals surface area contributed by atoms with Crippen LogP contribution in [0.25, 0.3) is 5.69 Å². The van der Waals surface area contributed by atoms with Gasteiger partial charge in [0.15, 0.2) is 0 Å². The van der Waals surface area contributed by atoms with Crippen molar-refractivity contribution in [2.75, 3.05) is 6.61 Å². The minimum atomic E-state index is -0.987. The first-order valence-corrected chi connectivity index (χ1v) is 6.22. The number of aromatic carboxylic acids is 1. The third-order valence-corrected chi connectivity index (χ3v) is 2.72. The second-order valence-electron chi connectivity index (χ2n) is 4.14. The molecule has 0 radical (unpaired) electrons. The van der Waals surface area contributed by atoms with E-state index in [1.807, 2.05) is 6.07 Å². The highest BCUT2D eigenvalue weighted by Crippen LogP contribution is 2.23. The van der Waals surface area contributed by atoms with Crippen LogP contribution in [0, 0.1) is 0 Å². The highest BCUT2D eigenvalue weighted by molar-refractivity contribution is 5.91. The van der Waals surface area contributed by atoms with Crippen molar-refractivity contribution in [1.82, 2.24) is 9.78 Å². The second kappa shape index (κ2) is 6.04. The van der Waals surface area contributed by atoms with Crippen LogP contribution in [0.3, 0.4) is 0 Å². The smallest absolute Gasteiger partial charge is 0.339 e. The van der Waals surface area contributed by atoms with Gasteiger partial charge < -0.3 is 9.84 Å². The van der Waals surface area contributed by atoms with E-state index < -0.39 is 5.97 Å². The van der Waals surface area contributed by atoms with Gasteiger partial charge in [-0.05, 0) is 24.6 Å². The van der Waals surface area contributed by atoms with E-state index in [1.165, 1.54) is 0 Å². The lowest BCUT2D eigenvalue weighted by atomic mass is 10.2. The Labute approximate surface area is 111 Å². The molecule has 1 heterocycles. The molecule has 1 aromatic heterocycles. The molecule has 0 aliphatic rings. The molecule has 1 aromatic carbocycles. The number of ether oxygens (including phenoxy) is 1. The lowest BCUT2D eigenvalue weighted by Gasteiger charge is -2.10. The van der Waals surface area contributed by atoms with Crippen LogP contribution in [-0.4, -0.2) is 27.5 Å². The molecule has 5 heteroatoms. The third kappa shape index (κ3) is 3.13. The quantitative estimate of drug-likeness (QED) is 0.811. The monoisotopic (exact) mass is 260 g/mol. The molecule has 0 unspecified atom stereocenters. The largest absolute Gasteiger partial charge is 0.493 e. The van der Waals surface area contributed by atoms with Crippen LogP contribution in [-0.2, 0) is 0 Å². The summed E-state index contributed by atoms with van der Waals surface area (Å²) in [5.74, 6) is -0.604. The number of aromatic nitrogens is 2. The molecule has 0 aliphatic heterocycles. The Balaban J connectivity index is 2.30. The number of rotatable bonds is 6. The molecule has 0 spiro atoms. The van der Waals surface area contributed by atoms with Gasteiger partial charge in [-0.25, -0.2) is 9.48 Å². The van der Waals surface area contributed by atoms with Crippen LogP contribution in [0.4, 0.5) is 0 Å². The fourth-order valence-electron chi connectivity index (χ4n) is 1.70. The molecule has 2 aromatic rings. The summed E-state index contributed by atoms with van der Waals surface area (Å²) in [4.78, 5) is 11.1. The van der Waals surface area contributed by atoms with Gasteiger partial charge in [0.2, 0.25) is 0 Å². The van der Waals surface area contributed by atoms with Gasteiger partial charge in [-0.1, -0.05) is 13.3 Å². The Morgan fingerprint density at radius 2 is 2.32 bits per heavy atom. The number of carboxylic acids is 1. The van der Waals surface area contributed by atoms with Crippen LogP contribution in [0.5, 0.6) is 5.75 Å². The van der Waals surface area contributed by atoms with E-state index in [4.69, 9.17) is 9.84 Å². The molecule has 2 rings (SSSR count). The number of hydrogen-bond donors (Lipinski definition) is 1. The van der Waals surface area contributed by atoms with Gasteiger partial charge in [0, 0.05) is 18.5 Å². The van der Waals surface area contributed by atoms with E-state index in [-0.39, 0.29) is 5.56 Å². The van der Waals surface area contributed by atoms with Crippen molar-refractivity contribution in [3.8, 4) is 11.4 Å². The van der Waals surface area contributed by atoms with Crippen molar-refractivity contribution >= 4 is 5.97 Å². The predicted octanol–water partition coefficient (Wildman–Crippen LogP) is 2.75. The van der Waals surface area contributed by atoms with Crippen molar-refractivity contribution in [1.29, 1.82) is 0 Å². The summed E-state index contributed by atoms with van der Waals surface area (Å²) >= 11 is 0. The molecule has 0 aliphatic carbocycles. The third-order valence-electron chi connectivity index (χ3n) is 2.72. The number of nitrogens with zero attached hydrogens (tertiary/aromatic N) is 2. The zero-order valence-corrected chi connectivity index (χ0v) is 10.7. The topological polar surface area (TPSA) is 64.4 Å². The van der Waals surface area contributed by atoms with Crippen LogP contribution in [0.2, 0.25) is 0 Å². The Bertz CT molecular complexity index is 550. The highest BCUT2D eigenvalue weighted by Gasteiger charge is 2.12. The van der Waals surface area contributed by atoms with Crippen molar-refractivity contribution < 1.29 is 14.6 Å². The molecular weight excluding hydrogens is 244 g/mol.